The van der Waals surface area contributed by atoms with Gasteiger partial charge in [0.25, 0.3) is 5.91 Å². The molecule has 112 valence electrons. The zero-order chi connectivity index (χ0) is 15.9. The highest BCUT2D eigenvalue weighted by atomic mass is 32.1. The lowest BCUT2D eigenvalue weighted by Crippen LogP contribution is -2.14. The van der Waals surface area contributed by atoms with E-state index in [2.05, 4.69) is 10.3 Å². The van der Waals surface area contributed by atoms with Crippen molar-refractivity contribution in [2.75, 3.05) is 19.4 Å². The van der Waals surface area contributed by atoms with Crippen LogP contribution in [0.5, 0.6) is 0 Å². The van der Waals surface area contributed by atoms with Crippen LogP contribution in [0.3, 0.4) is 0 Å². The largest absolute Gasteiger partial charge is 0.304 e. The molecule has 0 aliphatic rings. The predicted molar refractivity (Wildman–Crippen MR) is 88.2 cm³/mol. The van der Waals surface area contributed by atoms with Crippen molar-refractivity contribution in [1.29, 1.82) is 5.26 Å². The van der Waals surface area contributed by atoms with E-state index < -0.39 is 5.91 Å². The highest BCUT2D eigenvalue weighted by Crippen LogP contribution is 2.17. The first kappa shape index (κ1) is 15.9. The molecule has 0 saturated carbocycles. The van der Waals surface area contributed by atoms with Gasteiger partial charge in [0, 0.05) is 11.9 Å². The summed E-state index contributed by atoms with van der Waals surface area (Å²) in [5.74, 6) is -0.447. The lowest BCUT2D eigenvalue weighted by molar-refractivity contribution is -0.112. The molecule has 0 spiro atoms. The molecular formula is C16H16N4OS. The van der Waals surface area contributed by atoms with E-state index >= 15 is 0 Å². The van der Waals surface area contributed by atoms with Crippen LogP contribution in [0.15, 0.2) is 41.3 Å². The number of thiazole rings is 1. The highest BCUT2D eigenvalue weighted by Gasteiger charge is 2.12. The molecule has 1 amide bonds. The molecule has 5 nitrogen and oxygen atoms in total. The van der Waals surface area contributed by atoms with Crippen LogP contribution in [-0.2, 0) is 11.3 Å². The molecule has 0 atom stereocenters. The van der Waals surface area contributed by atoms with Gasteiger partial charge < -0.3 is 4.90 Å². The summed E-state index contributed by atoms with van der Waals surface area (Å²) in [7, 11) is 3.90. The third-order valence-electron chi connectivity index (χ3n) is 2.73. The fourth-order valence-corrected chi connectivity index (χ4v) is 2.49. The summed E-state index contributed by atoms with van der Waals surface area (Å²) in [5, 5.41) is 14.2. The minimum atomic E-state index is -0.447. The molecule has 1 aromatic carbocycles. The molecule has 0 fully saturated rings. The van der Waals surface area contributed by atoms with Crippen molar-refractivity contribution in [3.63, 3.8) is 0 Å². The summed E-state index contributed by atoms with van der Waals surface area (Å²) in [5.41, 5.74) is 1.74. The van der Waals surface area contributed by atoms with Crippen molar-refractivity contribution >= 4 is 28.5 Å². The summed E-state index contributed by atoms with van der Waals surface area (Å²) < 4.78 is 0. The minimum absolute atomic E-state index is 0.0514. The van der Waals surface area contributed by atoms with Crippen molar-refractivity contribution in [3.8, 4) is 6.07 Å². The van der Waals surface area contributed by atoms with E-state index in [1.54, 1.807) is 6.08 Å². The number of hydrogen-bond acceptors (Lipinski definition) is 5. The Morgan fingerprint density at radius 1 is 1.41 bits per heavy atom. The number of benzene rings is 1. The number of nitriles is 1. The van der Waals surface area contributed by atoms with Gasteiger partial charge in [0.05, 0.1) is 5.69 Å². The Hall–Kier alpha value is -2.49. The molecule has 0 radical (unpaired) electrons. The molecule has 0 aliphatic heterocycles. The Kier molecular flexibility index (Phi) is 5.42. The Bertz CT molecular complexity index is 713. The average Bonchev–Trinajstić information content (AvgIpc) is 2.92. The van der Waals surface area contributed by atoms with Crippen molar-refractivity contribution in [3.05, 3.63) is 52.5 Å². The lowest BCUT2D eigenvalue weighted by atomic mass is 10.1. The number of aromatic nitrogens is 1. The number of carbonyl (C=O) groups is 1. The molecule has 1 heterocycles. The molecule has 0 bridgehead atoms. The Morgan fingerprint density at radius 3 is 2.77 bits per heavy atom. The van der Waals surface area contributed by atoms with Crippen LogP contribution < -0.4 is 5.32 Å². The van der Waals surface area contributed by atoms with Crippen LogP contribution in [0.2, 0.25) is 0 Å². The molecule has 6 heteroatoms. The normalized spacial score (nSPS) is 11.3. The Balaban J connectivity index is 2.08. The molecular weight excluding hydrogens is 296 g/mol. The summed E-state index contributed by atoms with van der Waals surface area (Å²) in [6.45, 7) is 0.706. The van der Waals surface area contributed by atoms with Crippen LogP contribution in [0.1, 0.15) is 11.3 Å². The molecule has 0 aliphatic carbocycles. The first-order valence-corrected chi connectivity index (χ1v) is 7.54. The van der Waals surface area contributed by atoms with E-state index in [4.69, 9.17) is 5.26 Å². The molecule has 0 unspecified atom stereocenters. The second-order valence-corrected chi connectivity index (χ2v) is 5.77. The summed E-state index contributed by atoms with van der Waals surface area (Å²) in [4.78, 5) is 18.5. The maximum Gasteiger partial charge on any atom is 0.268 e. The van der Waals surface area contributed by atoms with Crippen LogP contribution in [0.25, 0.3) is 6.08 Å². The fourth-order valence-electron chi connectivity index (χ4n) is 1.79. The SMILES string of the molecule is CN(C)Cc1csc(NC(=O)/C(C#N)=C/c2ccccc2)n1. The number of hydrogen-bond donors (Lipinski definition) is 1. The number of nitrogens with zero attached hydrogens (tertiary/aromatic N) is 3. The van der Waals surface area contributed by atoms with E-state index in [-0.39, 0.29) is 5.57 Å². The third kappa shape index (κ3) is 4.52. The van der Waals surface area contributed by atoms with Crippen molar-refractivity contribution in [2.24, 2.45) is 0 Å². The van der Waals surface area contributed by atoms with Gasteiger partial charge in [0.15, 0.2) is 5.13 Å². The van der Waals surface area contributed by atoms with Crippen LogP contribution in [0.4, 0.5) is 5.13 Å². The summed E-state index contributed by atoms with van der Waals surface area (Å²) in [6, 6.07) is 11.2. The van der Waals surface area contributed by atoms with Gasteiger partial charge in [-0.25, -0.2) is 4.98 Å². The van der Waals surface area contributed by atoms with E-state index in [1.165, 1.54) is 11.3 Å². The highest BCUT2D eigenvalue weighted by molar-refractivity contribution is 7.14. The number of nitrogens with one attached hydrogen (secondary N) is 1. The van der Waals surface area contributed by atoms with Crippen molar-refractivity contribution in [1.82, 2.24) is 9.88 Å². The first-order chi connectivity index (χ1) is 10.6. The molecule has 0 saturated heterocycles. The number of anilines is 1. The first-order valence-electron chi connectivity index (χ1n) is 6.66. The van der Waals surface area contributed by atoms with Gasteiger partial charge >= 0.3 is 0 Å². The van der Waals surface area contributed by atoms with Crippen molar-refractivity contribution < 1.29 is 4.79 Å². The number of carbonyl (C=O) groups excluding carboxylic acids is 1. The number of amides is 1. The second kappa shape index (κ2) is 7.50. The maximum absolute atomic E-state index is 12.1. The van der Waals surface area contributed by atoms with Gasteiger partial charge in [0.1, 0.15) is 11.6 Å². The van der Waals surface area contributed by atoms with Gasteiger partial charge in [0.2, 0.25) is 0 Å². The van der Waals surface area contributed by atoms with Crippen LogP contribution >= 0.6 is 11.3 Å². The topological polar surface area (TPSA) is 69.0 Å². The van der Waals surface area contributed by atoms with E-state index in [1.807, 2.05) is 60.8 Å². The van der Waals surface area contributed by atoms with Crippen molar-refractivity contribution in [2.45, 2.75) is 6.54 Å². The quantitative estimate of drug-likeness (QED) is 0.681. The van der Waals surface area contributed by atoms with Gasteiger partial charge in [-0.1, -0.05) is 30.3 Å². The average molecular weight is 312 g/mol. The molecule has 1 aromatic heterocycles. The zero-order valence-corrected chi connectivity index (χ0v) is 13.2. The van der Waals surface area contributed by atoms with Crippen LogP contribution in [-0.4, -0.2) is 29.9 Å². The molecule has 2 aromatic rings. The van der Waals surface area contributed by atoms with E-state index in [9.17, 15) is 4.79 Å². The van der Waals surface area contributed by atoms with Gasteiger partial charge in [-0.3, -0.25) is 10.1 Å². The Labute approximate surface area is 133 Å². The molecule has 2 rings (SSSR count). The van der Waals surface area contributed by atoms with Gasteiger partial charge in [-0.05, 0) is 25.7 Å². The standard InChI is InChI=1S/C16H16N4OS/c1-20(2)10-14-11-22-16(18-14)19-15(21)13(9-17)8-12-6-4-3-5-7-12/h3-8,11H,10H2,1-2H3,(H,18,19,21)/b13-8+. The molecule has 1 N–H and O–H groups in total. The van der Waals surface area contributed by atoms with Gasteiger partial charge in [-0.2, -0.15) is 5.26 Å². The Morgan fingerprint density at radius 2 is 2.14 bits per heavy atom. The zero-order valence-electron chi connectivity index (χ0n) is 12.4. The minimum Gasteiger partial charge on any atom is -0.304 e. The lowest BCUT2D eigenvalue weighted by Gasteiger charge is -2.05. The van der Waals surface area contributed by atoms with Crippen LogP contribution in [0, 0.1) is 11.3 Å². The predicted octanol–water partition coefficient (Wildman–Crippen LogP) is 2.75. The fraction of sp³-hybridized carbons (Fsp3) is 0.188. The molecule has 22 heavy (non-hydrogen) atoms. The maximum atomic E-state index is 12.1. The monoisotopic (exact) mass is 312 g/mol. The van der Waals surface area contributed by atoms with E-state index in [0.717, 1.165) is 11.3 Å². The summed E-state index contributed by atoms with van der Waals surface area (Å²) >= 11 is 1.35. The van der Waals surface area contributed by atoms with Gasteiger partial charge in [-0.15, -0.1) is 11.3 Å². The second-order valence-electron chi connectivity index (χ2n) is 4.92. The third-order valence-corrected chi connectivity index (χ3v) is 3.53. The summed E-state index contributed by atoms with van der Waals surface area (Å²) in [6.07, 6.45) is 1.56. The smallest absolute Gasteiger partial charge is 0.268 e. The van der Waals surface area contributed by atoms with E-state index in [0.29, 0.717) is 11.7 Å². The number of rotatable bonds is 5.